The summed E-state index contributed by atoms with van der Waals surface area (Å²) < 4.78 is 18.9. The lowest BCUT2D eigenvalue weighted by Crippen LogP contribution is -2.32. The lowest BCUT2D eigenvalue weighted by molar-refractivity contribution is 0.290. The van der Waals surface area contributed by atoms with Gasteiger partial charge in [0.15, 0.2) is 5.82 Å². The molecule has 19 heavy (non-hydrogen) atoms. The molecule has 0 saturated carbocycles. The molecular weight excluding hydrogens is 269 g/mol. The van der Waals surface area contributed by atoms with E-state index in [0.29, 0.717) is 23.7 Å². The first kappa shape index (κ1) is 14.0. The van der Waals surface area contributed by atoms with Crippen LogP contribution < -0.4 is 5.73 Å². The van der Waals surface area contributed by atoms with Crippen LogP contribution in [0, 0.1) is 5.82 Å². The van der Waals surface area contributed by atoms with Gasteiger partial charge in [-0.05, 0) is 25.0 Å². The summed E-state index contributed by atoms with van der Waals surface area (Å²) in [4.78, 5) is 4.21. The van der Waals surface area contributed by atoms with Crippen LogP contribution in [-0.2, 0) is 12.0 Å². The Morgan fingerprint density at radius 3 is 2.89 bits per heavy atom. The third kappa shape index (κ3) is 2.93. The Morgan fingerprint density at radius 1 is 1.47 bits per heavy atom. The standard InChI is InChI=1S/C13H15ClFN3O/c1-3-13(2,16)12-17-10(18-19-12)7-8-5-4-6-9(14)11(8)15/h4-6H,3,7,16H2,1-2H3. The molecule has 1 aromatic heterocycles. The summed E-state index contributed by atoms with van der Waals surface area (Å²) in [7, 11) is 0. The van der Waals surface area contributed by atoms with Crippen LogP contribution in [0.3, 0.4) is 0 Å². The van der Waals surface area contributed by atoms with Gasteiger partial charge in [-0.3, -0.25) is 0 Å². The van der Waals surface area contributed by atoms with E-state index in [4.69, 9.17) is 21.9 Å². The molecular formula is C13H15ClFN3O. The van der Waals surface area contributed by atoms with E-state index in [0.717, 1.165) is 0 Å². The maximum atomic E-state index is 13.8. The zero-order chi connectivity index (χ0) is 14.0. The molecule has 0 saturated heterocycles. The molecule has 0 spiro atoms. The maximum Gasteiger partial charge on any atom is 0.246 e. The van der Waals surface area contributed by atoms with Gasteiger partial charge in [0.1, 0.15) is 5.82 Å². The van der Waals surface area contributed by atoms with Crippen LogP contribution in [-0.4, -0.2) is 10.1 Å². The number of rotatable bonds is 4. The predicted molar refractivity (Wildman–Crippen MR) is 70.3 cm³/mol. The molecule has 4 nitrogen and oxygen atoms in total. The Balaban J connectivity index is 2.23. The molecule has 0 aliphatic rings. The summed E-state index contributed by atoms with van der Waals surface area (Å²) in [6, 6.07) is 4.82. The number of nitrogens with zero attached hydrogens (tertiary/aromatic N) is 2. The number of hydrogen-bond donors (Lipinski definition) is 1. The fourth-order valence-corrected chi connectivity index (χ4v) is 1.76. The highest BCUT2D eigenvalue weighted by atomic mass is 35.5. The molecule has 0 aliphatic heterocycles. The van der Waals surface area contributed by atoms with Gasteiger partial charge in [0.05, 0.1) is 10.6 Å². The molecule has 102 valence electrons. The van der Waals surface area contributed by atoms with E-state index >= 15 is 0 Å². The zero-order valence-electron chi connectivity index (χ0n) is 10.8. The molecule has 0 amide bonds. The van der Waals surface area contributed by atoms with Crippen LogP contribution >= 0.6 is 11.6 Å². The van der Waals surface area contributed by atoms with Gasteiger partial charge in [-0.1, -0.05) is 35.8 Å². The van der Waals surface area contributed by atoms with Gasteiger partial charge in [-0.15, -0.1) is 0 Å². The van der Waals surface area contributed by atoms with Gasteiger partial charge in [0, 0.05) is 6.42 Å². The lowest BCUT2D eigenvalue weighted by atomic mass is 10.0. The second-order valence-corrected chi connectivity index (χ2v) is 5.08. The Labute approximate surface area is 115 Å². The Morgan fingerprint density at radius 2 is 2.21 bits per heavy atom. The molecule has 0 aliphatic carbocycles. The molecule has 6 heteroatoms. The summed E-state index contributed by atoms with van der Waals surface area (Å²) in [5.41, 5.74) is 5.76. The zero-order valence-corrected chi connectivity index (χ0v) is 11.5. The first-order valence-corrected chi connectivity index (χ1v) is 6.36. The fourth-order valence-electron chi connectivity index (χ4n) is 1.56. The largest absolute Gasteiger partial charge is 0.337 e. The molecule has 1 atom stereocenters. The van der Waals surface area contributed by atoms with E-state index < -0.39 is 11.4 Å². The van der Waals surface area contributed by atoms with Gasteiger partial charge in [0.25, 0.3) is 0 Å². The van der Waals surface area contributed by atoms with Crippen LogP contribution in [0.15, 0.2) is 22.7 Å². The molecule has 0 radical (unpaired) electrons. The van der Waals surface area contributed by atoms with E-state index in [1.54, 1.807) is 12.1 Å². The molecule has 0 bridgehead atoms. The van der Waals surface area contributed by atoms with E-state index in [9.17, 15) is 4.39 Å². The molecule has 2 N–H and O–H groups in total. The summed E-state index contributed by atoms with van der Waals surface area (Å²) in [6.07, 6.45) is 0.885. The van der Waals surface area contributed by atoms with Gasteiger partial charge in [-0.25, -0.2) is 4.39 Å². The average molecular weight is 284 g/mol. The van der Waals surface area contributed by atoms with Crippen molar-refractivity contribution in [2.75, 3.05) is 0 Å². The van der Waals surface area contributed by atoms with Gasteiger partial charge < -0.3 is 10.3 Å². The van der Waals surface area contributed by atoms with Crippen molar-refractivity contribution in [2.24, 2.45) is 5.73 Å². The van der Waals surface area contributed by atoms with Crippen LogP contribution in [0.1, 0.15) is 37.5 Å². The Hall–Kier alpha value is -1.46. The van der Waals surface area contributed by atoms with Gasteiger partial charge >= 0.3 is 0 Å². The highest BCUT2D eigenvalue weighted by Crippen LogP contribution is 2.22. The van der Waals surface area contributed by atoms with E-state index in [1.165, 1.54) is 6.07 Å². The highest BCUT2D eigenvalue weighted by Gasteiger charge is 2.26. The van der Waals surface area contributed by atoms with Gasteiger partial charge in [0.2, 0.25) is 5.89 Å². The fraction of sp³-hybridized carbons (Fsp3) is 0.385. The van der Waals surface area contributed by atoms with E-state index in [1.807, 2.05) is 13.8 Å². The molecule has 1 heterocycles. The minimum Gasteiger partial charge on any atom is -0.337 e. The topological polar surface area (TPSA) is 64.9 Å². The van der Waals surface area contributed by atoms with Crippen molar-refractivity contribution in [3.8, 4) is 0 Å². The highest BCUT2D eigenvalue weighted by molar-refractivity contribution is 6.30. The molecule has 2 aromatic rings. The molecule has 1 unspecified atom stereocenters. The number of aromatic nitrogens is 2. The molecule has 1 aromatic carbocycles. The maximum absolute atomic E-state index is 13.8. The van der Waals surface area contributed by atoms with Crippen molar-refractivity contribution in [1.82, 2.24) is 10.1 Å². The van der Waals surface area contributed by atoms with Crippen molar-refractivity contribution < 1.29 is 8.91 Å². The minimum absolute atomic E-state index is 0.0819. The Kier molecular flexibility index (Phi) is 3.87. The molecule has 0 fully saturated rings. The van der Waals surface area contributed by atoms with Crippen LogP contribution in [0.4, 0.5) is 4.39 Å². The van der Waals surface area contributed by atoms with Crippen LogP contribution in [0.25, 0.3) is 0 Å². The SMILES string of the molecule is CCC(C)(N)c1nc(Cc2cccc(Cl)c2F)no1. The second-order valence-electron chi connectivity index (χ2n) is 4.68. The summed E-state index contributed by atoms with van der Waals surface area (Å²) in [5.74, 6) is 0.287. The lowest BCUT2D eigenvalue weighted by Gasteiger charge is -2.16. The van der Waals surface area contributed by atoms with Crippen LogP contribution in [0.5, 0.6) is 0 Å². The van der Waals surface area contributed by atoms with Crippen LogP contribution in [0.2, 0.25) is 5.02 Å². The van der Waals surface area contributed by atoms with Crippen molar-refractivity contribution >= 4 is 11.6 Å². The summed E-state index contributed by atoms with van der Waals surface area (Å²) >= 11 is 5.72. The smallest absolute Gasteiger partial charge is 0.246 e. The monoisotopic (exact) mass is 283 g/mol. The van der Waals surface area contributed by atoms with Crippen molar-refractivity contribution in [3.63, 3.8) is 0 Å². The number of benzene rings is 1. The normalized spacial score (nSPS) is 14.4. The minimum atomic E-state index is -0.669. The Bertz CT molecular complexity index is 583. The number of hydrogen-bond acceptors (Lipinski definition) is 4. The first-order chi connectivity index (χ1) is 8.94. The third-order valence-electron chi connectivity index (χ3n) is 3.07. The van der Waals surface area contributed by atoms with E-state index in [2.05, 4.69) is 10.1 Å². The summed E-state index contributed by atoms with van der Waals surface area (Å²) in [6.45, 7) is 3.74. The predicted octanol–water partition coefficient (Wildman–Crippen LogP) is 3.04. The van der Waals surface area contributed by atoms with Crippen molar-refractivity contribution in [2.45, 2.75) is 32.2 Å². The van der Waals surface area contributed by atoms with Crippen molar-refractivity contribution in [1.29, 1.82) is 0 Å². The van der Waals surface area contributed by atoms with E-state index in [-0.39, 0.29) is 11.4 Å². The first-order valence-electron chi connectivity index (χ1n) is 5.99. The quantitative estimate of drug-likeness (QED) is 0.937. The third-order valence-corrected chi connectivity index (χ3v) is 3.36. The molecule has 2 rings (SSSR count). The van der Waals surface area contributed by atoms with Crippen molar-refractivity contribution in [3.05, 3.63) is 46.3 Å². The number of nitrogens with two attached hydrogens (primary N) is 1. The summed E-state index contributed by atoms with van der Waals surface area (Å²) in [5, 5.41) is 3.90. The number of halogens is 2. The van der Waals surface area contributed by atoms with Gasteiger partial charge in [-0.2, -0.15) is 4.98 Å². The average Bonchev–Trinajstić information content (AvgIpc) is 2.84. The second kappa shape index (κ2) is 5.27.